The second-order valence-electron chi connectivity index (χ2n) is 6.97. The molecule has 0 atom stereocenters. The van der Waals surface area contributed by atoms with Crippen LogP contribution in [0, 0.1) is 0 Å². The average Bonchev–Trinajstić information content (AvgIpc) is 3.22. The normalized spacial score (nSPS) is 21.0. The number of carbonyl (C=O) groups is 1. The lowest BCUT2D eigenvalue weighted by molar-refractivity contribution is -0.156. The molecule has 1 saturated heterocycles. The second kappa shape index (κ2) is 6.22. The topological polar surface area (TPSA) is 62.9 Å². The Morgan fingerprint density at radius 3 is 2.83 bits per heavy atom. The summed E-state index contributed by atoms with van der Waals surface area (Å²) in [4.78, 5) is 13.9. The molecular weight excluding hydrogens is 306 g/mol. The van der Waals surface area contributed by atoms with Gasteiger partial charge in [-0.15, -0.1) is 0 Å². The van der Waals surface area contributed by atoms with Crippen molar-refractivity contribution in [2.24, 2.45) is 0 Å². The fourth-order valence-corrected chi connectivity index (χ4v) is 3.53. The minimum atomic E-state index is -1.17. The molecule has 0 aromatic heterocycles. The van der Waals surface area contributed by atoms with Gasteiger partial charge >= 0.3 is 5.97 Å². The highest BCUT2D eigenvalue weighted by atomic mass is 16.6. The number of aliphatic hydroxyl groups is 1. The van der Waals surface area contributed by atoms with Gasteiger partial charge in [-0.3, -0.25) is 4.90 Å². The zero-order valence-electron chi connectivity index (χ0n) is 13.7. The number of fused-ring (bicyclic) bond motifs is 1. The van der Waals surface area contributed by atoms with Crippen molar-refractivity contribution in [1.82, 2.24) is 4.90 Å². The van der Waals surface area contributed by atoms with Gasteiger partial charge < -0.3 is 14.3 Å². The van der Waals surface area contributed by atoms with Crippen LogP contribution in [0.25, 0.3) is 11.3 Å². The van der Waals surface area contributed by atoms with Crippen LogP contribution in [0.1, 0.15) is 37.2 Å². The minimum Gasteiger partial charge on any atom is -0.464 e. The lowest BCUT2D eigenvalue weighted by Crippen LogP contribution is -2.36. The molecule has 0 aromatic carbocycles. The van der Waals surface area contributed by atoms with E-state index in [1.807, 2.05) is 6.07 Å². The Hall–Kier alpha value is -1.85. The van der Waals surface area contributed by atoms with Crippen LogP contribution in [0.15, 0.2) is 34.9 Å². The van der Waals surface area contributed by atoms with E-state index < -0.39 is 11.6 Å². The summed E-state index contributed by atoms with van der Waals surface area (Å²) in [7, 11) is 0. The lowest BCUT2D eigenvalue weighted by Gasteiger charge is -2.31. The van der Waals surface area contributed by atoms with E-state index in [9.17, 15) is 9.90 Å². The molecular formula is C19H23NO4. The van der Waals surface area contributed by atoms with Crippen LogP contribution in [0.5, 0.6) is 0 Å². The molecule has 0 aromatic rings. The summed E-state index contributed by atoms with van der Waals surface area (Å²) >= 11 is 0. The van der Waals surface area contributed by atoms with E-state index in [0.717, 1.165) is 38.2 Å². The quantitative estimate of drug-likeness (QED) is 0.855. The van der Waals surface area contributed by atoms with Gasteiger partial charge in [-0.2, -0.15) is 0 Å². The Kier molecular flexibility index (Phi) is 4.06. The number of hydrogen-bond donors (Lipinski definition) is 1. The van der Waals surface area contributed by atoms with E-state index in [0.29, 0.717) is 25.4 Å². The van der Waals surface area contributed by atoms with Crippen molar-refractivity contribution in [2.45, 2.75) is 37.2 Å². The SMILES string of the molecule is O=C(OCCN1CCC(c2ccc3cccoc2-3)CC1)C1(O)CC1. The Balaban J connectivity index is 1.26. The Morgan fingerprint density at radius 1 is 1.29 bits per heavy atom. The van der Waals surface area contributed by atoms with Crippen molar-refractivity contribution in [3.63, 3.8) is 0 Å². The molecule has 2 fully saturated rings. The molecule has 0 amide bonds. The van der Waals surface area contributed by atoms with E-state index in [4.69, 9.17) is 9.15 Å². The monoisotopic (exact) mass is 329 g/mol. The summed E-state index contributed by atoms with van der Waals surface area (Å²) in [6.45, 7) is 3.08. The van der Waals surface area contributed by atoms with Crippen LogP contribution in [-0.4, -0.2) is 47.8 Å². The molecule has 1 saturated carbocycles. The maximum absolute atomic E-state index is 11.6. The number of ether oxygens (including phenoxy) is 1. The van der Waals surface area contributed by atoms with Crippen molar-refractivity contribution in [3.05, 3.63) is 36.1 Å². The average molecular weight is 329 g/mol. The van der Waals surface area contributed by atoms with Gasteiger partial charge in [0.2, 0.25) is 0 Å². The molecule has 4 aliphatic rings. The molecule has 24 heavy (non-hydrogen) atoms. The van der Waals surface area contributed by atoms with Gasteiger partial charge in [0.15, 0.2) is 5.60 Å². The van der Waals surface area contributed by atoms with E-state index >= 15 is 0 Å². The van der Waals surface area contributed by atoms with Crippen molar-refractivity contribution in [1.29, 1.82) is 0 Å². The fraction of sp³-hybridized carbons (Fsp3) is 0.526. The first kappa shape index (κ1) is 15.7. The predicted molar refractivity (Wildman–Crippen MR) is 88.9 cm³/mol. The van der Waals surface area contributed by atoms with Crippen molar-refractivity contribution >= 4 is 5.97 Å². The summed E-state index contributed by atoms with van der Waals surface area (Å²) in [5, 5.41) is 9.66. The van der Waals surface area contributed by atoms with Gasteiger partial charge in [0, 0.05) is 12.1 Å². The van der Waals surface area contributed by atoms with Crippen LogP contribution in [0.2, 0.25) is 0 Å². The maximum atomic E-state index is 11.6. The third-order valence-corrected chi connectivity index (χ3v) is 5.28. The second-order valence-corrected chi connectivity index (χ2v) is 6.97. The molecule has 1 N–H and O–H groups in total. The fourth-order valence-electron chi connectivity index (χ4n) is 3.53. The summed E-state index contributed by atoms with van der Waals surface area (Å²) in [6.07, 6.45) is 4.98. The maximum Gasteiger partial charge on any atom is 0.338 e. The highest BCUT2D eigenvalue weighted by Crippen LogP contribution is 2.38. The number of carbonyl (C=O) groups excluding carboxylic acids is 1. The number of rotatable bonds is 5. The highest BCUT2D eigenvalue weighted by Gasteiger charge is 2.49. The minimum absolute atomic E-state index is 0.362. The molecule has 0 spiro atoms. The van der Waals surface area contributed by atoms with Crippen LogP contribution >= 0.6 is 0 Å². The summed E-state index contributed by atoms with van der Waals surface area (Å²) < 4.78 is 10.9. The Morgan fingerprint density at radius 2 is 2.08 bits per heavy atom. The van der Waals surface area contributed by atoms with Gasteiger partial charge in [0.25, 0.3) is 0 Å². The van der Waals surface area contributed by atoms with Gasteiger partial charge in [-0.25, -0.2) is 4.79 Å². The number of nitrogens with zero attached hydrogens (tertiary/aromatic N) is 1. The van der Waals surface area contributed by atoms with Crippen LogP contribution < -0.4 is 0 Å². The summed E-state index contributed by atoms with van der Waals surface area (Å²) in [6, 6.07) is 8.32. The predicted octanol–water partition coefficient (Wildman–Crippen LogP) is 2.63. The number of likely N-dealkylation sites (tertiary alicyclic amines) is 1. The smallest absolute Gasteiger partial charge is 0.338 e. The van der Waals surface area contributed by atoms with E-state index in [1.54, 1.807) is 6.26 Å². The largest absolute Gasteiger partial charge is 0.464 e. The van der Waals surface area contributed by atoms with Crippen LogP contribution in [0.3, 0.4) is 0 Å². The zero-order valence-corrected chi connectivity index (χ0v) is 13.7. The molecule has 4 rings (SSSR count). The number of esters is 1. The molecule has 5 nitrogen and oxygen atoms in total. The first-order valence-electron chi connectivity index (χ1n) is 8.74. The van der Waals surface area contributed by atoms with Crippen LogP contribution in [-0.2, 0) is 9.53 Å². The van der Waals surface area contributed by atoms with E-state index in [-0.39, 0.29) is 0 Å². The summed E-state index contributed by atoms with van der Waals surface area (Å²) in [5.74, 6) is 1.09. The van der Waals surface area contributed by atoms with Crippen molar-refractivity contribution in [3.8, 4) is 11.3 Å². The third kappa shape index (κ3) is 3.06. The Labute approximate surface area is 141 Å². The number of hydrogen-bond acceptors (Lipinski definition) is 5. The van der Waals surface area contributed by atoms with Crippen molar-refractivity contribution < 1.29 is 19.1 Å². The molecule has 128 valence electrons. The van der Waals surface area contributed by atoms with Gasteiger partial charge in [0.1, 0.15) is 12.4 Å². The van der Waals surface area contributed by atoms with Crippen LogP contribution in [0.4, 0.5) is 0 Å². The highest BCUT2D eigenvalue weighted by molar-refractivity contribution is 5.82. The van der Waals surface area contributed by atoms with Gasteiger partial charge in [0.05, 0.1) is 6.26 Å². The van der Waals surface area contributed by atoms with E-state index in [2.05, 4.69) is 23.1 Å². The standard InChI is InChI=1S/C19H23NO4/c21-18(19(22)7-8-19)24-13-11-20-9-5-14(6-10-20)16-4-3-15-2-1-12-23-17(15)16/h1-4,12,14,22H,5-11,13H2. The number of piperidine rings is 1. The lowest BCUT2D eigenvalue weighted by atomic mass is 9.90. The first-order valence-corrected chi connectivity index (χ1v) is 8.74. The molecule has 0 radical (unpaired) electrons. The van der Waals surface area contributed by atoms with Gasteiger partial charge in [-0.1, -0.05) is 12.1 Å². The van der Waals surface area contributed by atoms with Crippen molar-refractivity contribution in [2.75, 3.05) is 26.2 Å². The Bertz CT molecular complexity index is 682. The molecule has 2 aliphatic heterocycles. The molecule has 2 aliphatic carbocycles. The first-order chi connectivity index (χ1) is 11.7. The van der Waals surface area contributed by atoms with Gasteiger partial charge in [-0.05, 0) is 62.4 Å². The molecule has 0 bridgehead atoms. The zero-order chi connectivity index (χ0) is 16.6. The van der Waals surface area contributed by atoms with E-state index in [1.165, 1.54) is 11.1 Å². The summed E-state index contributed by atoms with van der Waals surface area (Å²) in [5.41, 5.74) is 1.31. The molecule has 2 heterocycles. The molecule has 0 unspecified atom stereocenters. The third-order valence-electron chi connectivity index (χ3n) is 5.28. The molecule has 5 heteroatoms.